The first-order valence-electron chi connectivity index (χ1n) is 7.15. The molecule has 0 bridgehead atoms. The molecule has 4 unspecified atom stereocenters. The first-order valence-corrected chi connectivity index (χ1v) is 8.32. The van der Waals surface area contributed by atoms with Gasteiger partial charge in [-0.2, -0.15) is 0 Å². The standard InChI is InChI=1S/C16H23BrClN/c1-10-4-5-12(8-11(10)2)16(19-3)14-9-13(17)6-7-15(14)18/h6-7,9-12,16,19H,4-5,8H2,1-3H3. The quantitative estimate of drug-likeness (QED) is 0.770. The summed E-state index contributed by atoms with van der Waals surface area (Å²) in [7, 11) is 2.05. The zero-order valence-corrected chi connectivity index (χ0v) is 14.3. The molecule has 1 N–H and O–H groups in total. The molecule has 0 saturated heterocycles. The molecule has 0 aromatic heterocycles. The van der Waals surface area contributed by atoms with Crippen molar-refractivity contribution >= 4 is 27.5 Å². The Morgan fingerprint density at radius 2 is 2.00 bits per heavy atom. The van der Waals surface area contributed by atoms with Gasteiger partial charge < -0.3 is 5.32 Å². The van der Waals surface area contributed by atoms with Crippen LogP contribution in [0.15, 0.2) is 22.7 Å². The summed E-state index contributed by atoms with van der Waals surface area (Å²) in [5, 5.41) is 4.36. The third kappa shape index (κ3) is 3.53. The number of benzene rings is 1. The second-order valence-corrected chi connectivity index (χ2v) is 7.28. The number of halogens is 2. The predicted molar refractivity (Wildman–Crippen MR) is 86.6 cm³/mol. The van der Waals surface area contributed by atoms with Gasteiger partial charge in [0, 0.05) is 15.5 Å². The topological polar surface area (TPSA) is 12.0 Å². The van der Waals surface area contributed by atoms with Crippen LogP contribution in [-0.4, -0.2) is 7.05 Å². The summed E-state index contributed by atoms with van der Waals surface area (Å²) in [6.07, 6.45) is 3.91. The Morgan fingerprint density at radius 1 is 1.26 bits per heavy atom. The van der Waals surface area contributed by atoms with E-state index >= 15 is 0 Å². The maximum absolute atomic E-state index is 6.39. The van der Waals surface area contributed by atoms with Crippen molar-refractivity contribution in [1.29, 1.82) is 0 Å². The van der Waals surface area contributed by atoms with Gasteiger partial charge in [0.05, 0.1) is 0 Å². The largest absolute Gasteiger partial charge is 0.313 e. The van der Waals surface area contributed by atoms with Gasteiger partial charge in [-0.05, 0) is 61.4 Å². The van der Waals surface area contributed by atoms with Crippen molar-refractivity contribution in [2.24, 2.45) is 17.8 Å². The summed E-state index contributed by atoms with van der Waals surface area (Å²) in [4.78, 5) is 0. The third-order valence-electron chi connectivity index (χ3n) is 4.71. The average Bonchev–Trinajstić information content (AvgIpc) is 2.38. The van der Waals surface area contributed by atoms with E-state index in [1.807, 2.05) is 19.2 Å². The van der Waals surface area contributed by atoms with E-state index in [1.54, 1.807) is 0 Å². The van der Waals surface area contributed by atoms with Crippen LogP contribution in [0.5, 0.6) is 0 Å². The van der Waals surface area contributed by atoms with Gasteiger partial charge in [0.1, 0.15) is 0 Å². The highest BCUT2D eigenvalue weighted by molar-refractivity contribution is 9.10. The molecule has 2 rings (SSSR count). The Morgan fingerprint density at radius 3 is 2.63 bits per heavy atom. The minimum Gasteiger partial charge on any atom is -0.313 e. The normalized spacial score (nSPS) is 29.2. The van der Waals surface area contributed by atoms with Crippen molar-refractivity contribution in [3.63, 3.8) is 0 Å². The molecule has 0 heterocycles. The molecule has 0 amide bonds. The van der Waals surface area contributed by atoms with E-state index < -0.39 is 0 Å². The van der Waals surface area contributed by atoms with Crippen LogP contribution in [0.1, 0.15) is 44.7 Å². The highest BCUT2D eigenvalue weighted by Gasteiger charge is 2.31. The van der Waals surface area contributed by atoms with Crippen LogP contribution < -0.4 is 5.32 Å². The lowest BCUT2D eigenvalue weighted by Gasteiger charge is -2.37. The lowest BCUT2D eigenvalue weighted by atomic mass is 9.72. The van der Waals surface area contributed by atoms with E-state index in [9.17, 15) is 0 Å². The van der Waals surface area contributed by atoms with Gasteiger partial charge in [-0.1, -0.05) is 47.8 Å². The summed E-state index contributed by atoms with van der Waals surface area (Å²) in [5.41, 5.74) is 1.23. The first-order chi connectivity index (χ1) is 9.02. The van der Waals surface area contributed by atoms with Crippen molar-refractivity contribution in [2.75, 3.05) is 7.05 Å². The number of nitrogens with one attached hydrogen (secondary N) is 1. The van der Waals surface area contributed by atoms with Crippen LogP contribution in [0.2, 0.25) is 5.02 Å². The Bertz CT molecular complexity index is 435. The van der Waals surface area contributed by atoms with Crippen LogP contribution >= 0.6 is 27.5 Å². The molecule has 0 aliphatic heterocycles. The van der Waals surface area contributed by atoms with Gasteiger partial charge in [-0.25, -0.2) is 0 Å². The van der Waals surface area contributed by atoms with Gasteiger partial charge in [0.2, 0.25) is 0 Å². The van der Waals surface area contributed by atoms with E-state index in [4.69, 9.17) is 11.6 Å². The molecule has 4 atom stereocenters. The average molecular weight is 345 g/mol. The molecule has 3 heteroatoms. The molecule has 1 nitrogen and oxygen atoms in total. The fourth-order valence-electron chi connectivity index (χ4n) is 3.29. The molecule has 1 fully saturated rings. The van der Waals surface area contributed by atoms with E-state index in [0.717, 1.165) is 21.3 Å². The minimum absolute atomic E-state index is 0.361. The molecule has 106 valence electrons. The molecule has 1 aromatic rings. The molecule has 19 heavy (non-hydrogen) atoms. The Balaban J connectivity index is 2.22. The van der Waals surface area contributed by atoms with Crippen LogP contribution in [0, 0.1) is 17.8 Å². The maximum Gasteiger partial charge on any atom is 0.0454 e. The van der Waals surface area contributed by atoms with Gasteiger partial charge in [0.15, 0.2) is 0 Å². The van der Waals surface area contributed by atoms with Crippen molar-refractivity contribution in [3.05, 3.63) is 33.3 Å². The number of hydrogen-bond donors (Lipinski definition) is 1. The third-order valence-corrected chi connectivity index (χ3v) is 5.55. The minimum atomic E-state index is 0.361. The van der Waals surface area contributed by atoms with Gasteiger partial charge >= 0.3 is 0 Å². The fraction of sp³-hybridized carbons (Fsp3) is 0.625. The zero-order chi connectivity index (χ0) is 14.0. The monoisotopic (exact) mass is 343 g/mol. The fourth-order valence-corrected chi connectivity index (χ4v) is 3.90. The van der Waals surface area contributed by atoms with Crippen LogP contribution in [0.4, 0.5) is 0 Å². The van der Waals surface area contributed by atoms with E-state index in [-0.39, 0.29) is 0 Å². The molecule has 1 aromatic carbocycles. The first kappa shape index (κ1) is 15.3. The SMILES string of the molecule is CNC(c1cc(Br)ccc1Cl)C1CCC(C)C(C)C1. The van der Waals surface area contributed by atoms with Crippen molar-refractivity contribution in [2.45, 2.75) is 39.2 Å². The summed E-state index contributed by atoms with van der Waals surface area (Å²) in [5.74, 6) is 2.34. The molecular formula is C16H23BrClN. The molecule has 0 spiro atoms. The van der Waals surface area contributed by atoms with Crippen LogP contribution in [0.3, 0.4) is 0 Å². The molecular weight excluding hydrogens is 322 g/mol. The summed E-state index contributed by atoms with van der Waals surface area (Å²) in [6.45, 7) is 4.76. The van der Waals surface area contributed by atoms with E-state index in [1.165, 1.54) is 24.8 Å². The number of rotatable bonds is 3. The maximum atomic E-state index is 6.39. The predicted octanol–water partition coefficient (Wildman–Crippen LogP) is 5.44. The van der Waals surface area contributed by atoms with Crippen LogP contribution in [0.25, 0.3) is 0 Å². The van der Waals surface area contributed by atoms with Gasteiger partial charge in [0.25, 0.3) is 0 Å². The molecule has 1 saturated carbocycles. The number of hydrogen-bond acceptors (Lipinski definition) is 1. The molecule has 0 radical (unpaired) electrons. The summed E-state index contributed by atoms with van der Waals surface area (Å²) < 4.78 is 1.10. The zero-order valence-electron chi connectivity index (χ0n) is 11.9. The van der Waals surface area contributed by atoms with Crippen molar-refractivity contribution in [1.82, 2.24) is 5.32 Å². The van der Waals surface area contributed by atoms with Crippen molar-refractivity contribution in [3.8, 4) is 0 Å². The highest BCUT2D eigenvalue weighted by Crippen LogP contribution is 2.41. The van der Waals surface area contributed by atoms with Crippen LogP contribution in [-0.2, 0) is 0 Å². The van der Waals surface area contributed by atoms with Crippen molar-refractivity contribution < 1.29 is 0 Å². The summed E-state index contributed by atoms with van der Waals surface area (Å²) in [6, 6.07) is 6.51. The molecule has 1 aliphatic rings. The second-order valence-electron chi connectivity index (χ2n) is 5.96. The Hall–Kier alpha value is -0.0500. The lowest BCUT2D eigenvalue weighted by Crippen LogP contribution is -2.31. The second kappa shape index (κ2) is 6.60. The van der Waals surface area contributed by atoms with Gasteiger partial charge in [-0.3, -0.25) is 0 Å². The summed E-state index contributed by atoms with van der Waals surface area (Å²) >= 11 is 9.95. The van der Waals surface area contributed by atoms with Gasteiger partial charge in [-0.15, -0.1) is 0 Å². The molecule has 1 aliphatic carbocycles. The lowest BCUT2D eigenvalue weighted by molar-refractivity contribution is 0.175. The Labute approximate surface area is 130 Å². The Kier molecular flexibility index (Phi) is 5.33. The van der Waals surface area contributed by atoms with E-state index in [0.29, 0.717) is 12.0 Å². The smallest absolute Gasteiger partial charge is 0.0454 e. The van der Waals surface area contributed by atoms with E-state index in [2.05, 4.69) is 41.2 Å². The highest BCUT2D eigenvalue weighted by atomic mass is 79.9.